The van der Waals surface area contributed by atoms with E-state index in [4.69, 9.17) is 16.9 Å². The number of carbonyl (C=O) groups excluding carboxylic acids is 1. The smallest absolute Gasteiger partial charge is 0.323 e. The first-order chi connectivity index (χ1) is 5.72. The van der Waals surface area contributed by atoms with E-state index in [2.05, 4.69) is 5.92 Å². The molecule has 0 unspecified atom stereocenters. The summed E-state index contributed by atoms with van der Waals surface area (Å²) in [5.41, 5.74) is 5.48. The third-order valence-corrected chi connectivity index (χ3v) is 2.04. The predicted octanol–water partition coefficient (Wildman–Crippen LogP) is 0.243. The molecule has 0 aliphatic heterocycles. The summed E-state index contributed by atoms with van der Waals surface area (Å²) in [6.07, 6.45) is 5.02. The van der Waals surface area contributed by atoms with Crippen LogP contribution in [0.3, 0.4) is 0 Å². The zero-order chi connectivity index (χ0) is 9.40. The van der Waals surface area contributed by atoms with Crippen molar-refractivity contribution in [1.82, 2.24) is 0 Å². The van der Waals surface area contributed by atoms with Gasteiger partial charge in [0, 0.05) is 5.75 Å². The summed E-state index contributed by atoms with van der Waals surface area (Å²) >= 11 is 1.45. The Morgan fingerprint density at radius 2 is 2.50 bits per heavy atom. The van der Waals surface area contributed by atoms with Crippen LogP contribution in [0.2, 0.25) is 0 Å². The Kier molecular flexibility index (Phi) is 6.63. The molecule has 3 nitrogen and oxygen atoms in total. The van der Waals surface area contributed by atoms with E-state index in [1.54, 1.807) is 6.92 Å². The Morgan fingerprint density at radius 3 is 3.00 bits per heavy atom. The lowest BCUT2D eigenvalue weighted by atomic mass is 10.4. The second-order valence-electron chi connectivity index (χ2n) is 2.08. The lowest BCUT2D eigenvalue weighted by Gasteiger charge is -2.08. The second kappa shape index (κ2) is 7.01. The number of thioether (sulfide) groups is 1. The molecule has 0 rings (SSSR count). The van der Waals surface area contributed by atoms with Crippen molar-refractivity contribution in [3.63, 3.8) is 0 Å². The predicted molar refractivity (Wildman–Crippen MR) is 50.8 cm³/mol. The van der Waals surface area contributed by atoms with Crippen molar-refractivity contribution in [2.75, 3.05) is 18.1 Å². The third kappa shape index (κ3) is 5.05. The van der Waals surface area contributed by atoms with Gasteiger partial charge in [-0.05, 0) is 6.92 Å². The summed E-state index contributed by atoms with van der Waals surface area (Å²) in [4.78, 5) is 10.9. The molecule has 0 radical (unpaired) electrons. The number of terminal acetylenes is 1. The minimum atomic E-state index is -0.553. The van der Waals surface area contributed by atoms with Gasteiger partial charge >= 0.3 is 5.97 Å². The molecule has 0 aliphatic carbocycles. The van der Waals surface area contributed by atoms with Crippen molar-refractivity contribution in [3.05, 3.63) is 0 Å². The Morgan fingerprint density at radius 1 is 1.83 bits per heavy atom. The van der Waals surface area contributed by atoms with Gasteiger partial charge in [-0.1, -0.05) is 5.92 Å². The molecule has 0 aliphatic rings. The molecular weight excluding hydrogens is 174 g/mol. The van der Waals surface area contributed by atoms with Gasteiger partial charge in [-0.15, -0.1) is 18.2 Å². The van der Waals surface area contributed by atoms with Crippen molar-refractivity contribution in [1.29, 1.82) is 0 Å². The highest BCUT2D eigenvalue weighted by atomic mass is 32.2. The van der Waals surface area contributed by atoms with Gasteiger partial charge in [0.05, 0.1) is 12.4 Å². The molecule has 68 valence electrons. The Hall–Kier alpha value is -0.660. The number of carbonyl (C=O) groups is 1. The molecule has 0 spiro atoms. The zero-order valence-electron chi connectivity index (χ0n) is 7.08. The topological polar surface area (TPSA) is 52.3 Å². The van der Waals surface area contributed by atoms with Gasteiger partial charge in [-0.25, -0.2) is 0 Å². The number of hydrogen-bond acceptors (Lipinski definition) is 4. The first kappa shape index (κ1) is 11.3. The standard InChI is InChI=1S/C8H13NO2S/c1-3-5-12-6-7(9)8(10)11-4-2/h1,7H,4-6,9H2,2H3/t7-/m0/s1. The zero-order valence-corrected chi connectivity index (χ0v) is 7.89. The van der Waals surface area contributed by atoms with E-state index in [-0.39, 0.29) is 5.97 Å². The first-order valence-electron chi connectivity index (χ1n) is 3.65. The molecular formula is C8H13NO2S. The van der Waals surface area contributed by atoms with E-state index in [0.717, 1.165) is 0 Å². The summed E-state index contributed by atoms with van der Waals surface area (Å²) in [5.74, 6) is 3.18. The number of esters is 1. The summed E-state index contributed by atoms with van der Waals surface area (Å²) in [5, 5.41) is 0. The number of rotatable bonds is 5. The lowest BCUT2D eigenvalue weighted by molar-refractivity contribution is -0.144. The van der Waals surface area contributed by atoms with Crippen LogP contribution in [0.25, 0.3) is 0 Å². The fourth-order valence-electron chi connectivity index (χ4n) is 0.562. The highest BCUT2D eigenvalue weighted by molar-refractivity contribution is 7.99. The molecule has 0 saturated carbocycles. The molecule has 1 atom stereocenters. The van der Waals surface area contributed by atoms with Crippen molar-refractivity contribution in [2.45, 2.75) is 13.0 Å². The Labute approximate surface area is 77.0 Å². The fraction of sp³-hybridized carbons (Fsp3) is 0.625. The van der Waals surface area contributed by atoms with E-state index in [0.29, 0.717) is 18.1 Å². The van der Waals surface area contributed by atoms with E-state index >= 15 is 0 Å². The van der Waals surface area contributed by atoms with Gasteiger partial charge < -0.3 is 10.5 Å². The Balaban J connectivity index is 3.51. The van der Waals surface area contributed by atoms with Crippen LogP contribution in [0.4, 0.5) is 0 Å². The molecule has 12 heavy (non-hydrogen) atoms. The summed E-state index contributed by atoms with van der Waals surface area (Å²) in [6.45, 7) is 2.12. The van der Waals surface area contributed by atoms with Crippen LogP contribution in [-0.2, 0) is 9.53 Å². The van der Waals surface area contributed by atoms with E-state index in [9.17, 15) is 4.79 Å². The molecule has 0 amide bonds. The van der Waals surface area contributed by atoms with Crippen molar-refractivity contribution < 1.29 is 9.53 Å². The van der Waals surface area contributed by atoms with Crippen molar-refractivity contribution in [3.8, 4) is 12.3 Å². The molecule has 0 aromatic rings. The van der Waals surface area contributed by atoms with E-state index in [1.807, 2.05) is 0 Å². The van der Waals surface area contributed by atoms with E-state index in [1.165, 1.54) is 11.8 Å². The average Bonchev–Trinajstić information content (AvgIpc) is 2.05. The SMILES string of the molecule is C#CCSC[C@H](N)C(=O)OCC. The number of nitrogens with two attached hydrogens (primary N) is 1. The van der Waals surface area contributed by atoms with Crippen molar-refractivity contribution >= 4 is 17.7 Å². The fourth-order valence-corrected chi connectivity index (χ4v) is 1.19. The van der Waals surface area contributed by atoms with Crippen LogP contribution in [0.15, 0.2) is 0 Å². The first-order valence-corrected chi connectivity index (χ1v) is 4.81. The van der Waals surface area contributed by atoms with Gasteiger partial charge in [-0.2, -0.15) is 0 Å². The maximum absolute atomic E-state index is 10.9. The molecule has 0 saturated heterocycles. The third-order valence-electron chi connectivity index (χ3n) is 1.07. The summed E-state index contributed by atoms with van der Waals surface area (Å²) < 4.78 is 4.71. The normalized spacial score (nSPS) is 11.8. The van der Waals surface area contributed by atoms with Crippen LogP contribution in [-0.4, -0.2) is 30.1 Å². The highest BCUT2D eigenvalue weighted by Gasteiger charge is 2.13. The molecule has 0 aromatic heterocycles. The minimum absolute atomic E-state index is 0.359. The minimum Gasteiger partial charge on any atom is -0.465 e. The molecule has 2 N–H and O–H groups in total. The van der Waals surface area contributed by atoms with Crippen LogP contribution in [0.1, 0.15) is 6.92 Å². The molecule has 0 heterocycles. The lowest BCUT2D eigenvalue weighted by Crippen LogP contribution is -2.34. The number of ether oxygens (including phenoxy) is 1. The molecule has 4 heteroatoms. The van der Waals surface area contributed by atoms with Crippen LogP contribution < -0.4 is 5.73 Å². The van der Waals surface area contributed by atoms with E-state index < -0.39 is 6.04 Å². The van der Waals surface area contributed by atoms with Gasteiger partial charge in [0.25, 0.3) is 0 Å². The van der Waals surface area contributed by atoms with Crippen LogP contribution in [0.5, 0.6) is 0 Å². The maximum atomic E-state index is 10.9. The summed E-state index contributed by atoms with van der Waals surface area (Å²) in [7, 11) is 0. The molecule has 0 aromatic carbocycles. The average molecular weight is 187 g/mol. The molecule has 0 fully saturated rings. The highest BCUT2D eigenvalue weighted by Crippen LogP contribution is 2.01. The molecule has 0 bridgehead atoms. The monoisotopic (exact) mass is 187 g/mol. The number of hydrogen-bond donors (Lipinski definition) is 1. The second-order valence-corrected chi connectivity index (χ2v) is 3.11. The Bertz CT molecular complexity index is 176. The van der Waals surface area contributed by atoms with Crippen molar-refractivity contribution in [2.24, 2.45) is 5.73 Å². The quantitative estimate of drug-likeness (QED) is 0.380. The van der Waals surface area contributed by atoms with Gasteiger partial charge in [-0.3, -0.25) is 4.79 Å². The van der Waals surface area contributed by atoms with Crippen LogP contribution in [0, 0.1) is 12.3 Å². The summed E-state index contributed by atoms with van der Waals surface area (Å²) in [6, 6.07) is -0.553. The van der Waals surface area contributed by atoms with Gasteiger partial charge in [0.2, 0.25) is 0 Å². The van der Waals surface area contributed by atoms with Crippen LogP contribution >= 0.6 is 11.8 Å². The maximum Gasteiger partial charge on any atom is 0.323 e. The van der Waals surface area contributed by atoms with Gasteiger partial charge in [0.15, 0.2) is 0 Å². The largest absolute Gasteiger partial charge is 0.465 e. The van der Waals surface area contributed by atoms with Gasteiger partial charge in [0.1, 0.15) is 6.04 Å².